The van der Waals surface area contributed by atoms with Crippen molar-refractivity contribution < 1.29 is 9.84 Å². The predicted octanol–water partition coefficient (Wildman–Crippen LogP) is 4.26. The number of aryl methyl sites for hydroxylation is 4. The van der Waals surface area contributed by atoms with Crippen molar-refractivity contribution in [3.05, 3.63) is 64.2 Å². The van der Waals surface area contributed by atoms with Gasteiger partial charge in [-0.2, -0.15) is 0 Å². The Morgan fingerprint density at radius 3 is 2.20 bits per heavy atom. The Morgan fingerprint density at radius 1 is 1.04 bits per heavy atom. The van der Waals surface area contributed by atoms with Crippen LogP contribution in [0.5, 0.6) is 5.75 Å². The van der Waals surface area contributed by atoms with Crippen LogP contribution in [-0.2, 0) is 6.42 Å². The van der Waals surface area contributed by atoms with Crippen LogP contribution in [0.2, 0.25) is 0 Å². The molecule has 0 aliphatic heterocycles. The van der Waals surface area contributed by atoms with E-state index in [1.165, 1.54) is 16.7 Å². The smallest absolute Gasteiger partial charge is 0.125 e. The molecule has 2 unspecified atom stereocenters. The van der Waals surface area contributed by atoms with Crippen LogP contribution >= 0.6 is 0 Å². The minimum Gasteiger partial charge on any atom is -0.490 e. The summed E-state index contributed by atoms with van der Waals surface area (Å²) in [6.07, 6.45) is 0.508. The van der Waals surface area contributed by atoms with E-state index in [1.54, 1.807) is 0 Å². The van der Waals surface area contributed by atoms with Crippen molar-refractivity contribution in [2.45, 2.75) is 53.2 Å². The Morgan fingerprint density at radius 2 is 1.64 bits per heavy atom. The summed E-state index contributed by atoms with van der Waals surface area (Å²) in [5, 5.41) is 13.6. The lowest BCUT2D eigenvalue weighted by Gasteiger charge is -2.19. The van der Waals surface area contributed by atoms with Gasteiger partial charge in [0, 0.05) is 12.6 Å². The fourth-order valence-corrected chi connectivity index (χ4v) is 3.11. The Labute approximate surface area is 152 Å². The van der Waals surface area contributed by atoms with Gasteiger partial charge in [-0.3, -0.25) is 0 Å². The normalized spacial score (nSPS) is 13.5. The number of aliphatic hydroxyl groups is 1. The standard InChI is InChI=1S/C22H31NO2/c1-6-19-7-9-20(10-8-19)18(5)23-13-21(24)14-25-22-16(3)11-15(2)12-17(22)4/h7-12,18,21,23-24H,6,13-14H2,1-5H3. The van der Waals surface area contributed by atoms with E-state index in [9.17, 15) is 5.11 Å². The highest BCUT2D eigenvalue weighted by Crippen LogP contribution is 2.24. The molecule has 3 heteroatoms. The maximum absolute atomic E-state index is 10.2. The van der Waals surface area contributed by atoms with Crippen LogP contribution in [0.25, 0.3) is 0 Å². The first-order valence-corrected chi connectivity index (χ1v) is 9.11. The Kier molecular flexibility index (Phi) is 7.03. The zero-order valence-corrected chi connectivity index (χ0v) is 16.1. The first-order valence-electron chi connectivity index (χ1n) is 9.11. The van der Waals surface area contributed by atoms with E-state index in [0.717, 1.165) is 23.3 Å². The number of benzene rings is 2. The molecule has 2 aromatic rings. The molecule has 2 aromatic carbocycles. The van der Waals surface area contributed by atoms with E-state index in [1.807, 2.05) is 13.8 Å². The van der Waals surface area contributed by atoms with Crippen LogP contribution in [0.4, 0.5) is 0 Å². The zero-order chi connectivity index (χ0) is 18.4. The molecule has 2 atom stereocenters. The second-order valence-corrected chi connectivity index (χ2v) is 6.92. The van der Waals surface area contributed by atoms with Gasteiger partial charge in [0.15, 0.2) is 0 Å². The molecule has 25 heavy (non-hydrogen) atoms. The number of aliphatic hydroxyl groups excluding tert-OH is 1. The largest absolute Gasteiger partial charge is 0.490 e. The average Bonchev–Trinajstić information content (AvgIpc) is 2.58. The van der Waals surface area contributed by atoms with Crippen LogP contribution in [0.1, 0.15) is 47.7 Å². The summed E-state index contributed by atoms with van der Waals surface area (Å²) < 4.78 is 5.86. The second-order valence-electron chi connectivity index (χ2n) is 6.92. The molecule has 0 bridgehead atoms. The lowest BCUT2D eigenvalue weighted by atomic mass is 10.0. The molecule has 0 radical (unpaired) electrons. The van der Waals surface area contributed by atoms with Gasteiger partial charge in [0.05, 0.1) is 0 Å². The topological polar surface area (TPSA) is 41.5 Å². The molecule has 0 aliphatic rings. The first kappa shape index (κ1) is 19.5. The van der Waals surface area contributed by atoms with Crippen LogP contribution in [0, 0.1) is 20.8 Å². The molecule has 0 saturated carbocycles. The fraction of sp³-hybridized carbons (Fsp3) is 0.455. The van der Waals surface area contributed by atoms with Crippen molar-refractivity contribution in [1.29, 1.82) is 0 Å². The molecule has 0 saturated heterocycles. The van der Waals surface area contributed by atoms with E-state index in [4.69, 9.17) is 4.74 Å². The van der Waals surface area contributed by atoms with Crippen LogP contribution < -0.4 is 10.1 Å². The summed E-state index contributed by atoms with van der Waals surface area (Å²) in [6.45, 7) is 11.2. The van der Waals surface area contributed by atoms with Gasteiger partial charge in [0.25, 0.3) is 0 Å². The molecule has 0 spiro atoms. The maximum atomic E-state index is 10.2. The fourth-order valence-electron chi connectivity index (χ4n) is 3.11. The third-order valence-electron chi connectivity index (χ3n) is 4.57. The highest BCUT2D eigenvalue weighted by atomic mass is 16.5. The van der Waals surface area contributed by atoms with Gasteiger partial charge in [0.2, 0.25) is 0 Å². The number of hydrogen-bond donors (Lipinski definition) is 2. The summed E-state index contributed by atoms with van der Waals surface area (Å²) in [5.41, 5.74) is 6.03. The molecule has 0 heterocycles. The molecular formula is C22H31NO2. The van der Waals surface area contributed by atoms with E-state index in [0.29, 0.717) is 13.2 Å². The van der Waals surface area contributed by atoms with Gasteiger partial charge < -0.3 is 15.2 Å². The van der Waals surface area contributed by atoms with E-state index in [-0.39, 0.29) is 6.04 Å². The van der Waals surface area contributed by atoms with Crippen molar-refractivity contribution in [2.75, 3.05) is 13.2 Å². The quantitative estimate of drug-likeness (QED) is 0.753. The first-order chi connectivity index (χ1) is 11.9. The van der Waals surface area contributed by atoms with Gasteiger partial charge in [-0.05, 0) is 56.4 Å². The third kappa shape index (κ3) is 5.58. The highest BCUT2D eigenvalue weighted by Gasteiger charge is 2.11. The van der Waals surface area contributed by atoms with Gasteiger partial charge in [0.1, 0.15) is 18.5 Å². The number of rotatable bonds is 8. The summed E-state index contributed by atoms with van der Waals surface area (Å²) in [4.78, 5) is 0. The summed E-state index contributed by atoms with van der Waals surface area (Å²) in [7, 11) is 0. The van der Waals surface area contributed by atoms with Gasteiger partial charge in [-0.25, -0.2) is 0 Å². The number of nitrogens with one attached hydrogen (secondary N) is 1. The maximum Gasteiger partial charge on any atom is 0.125 e. The minimum absolute atomic E-state index is 0.198. The van der Waals surface area contributed by atoms with Crippen molar-refractivity contribution in [2.24, 2.45) is 0 Å². The van der Waals surface area contributed by atoms with Crippen molar-refractivity contribution in [3.8, 4) is 5.75 Å². The van der Waals surface area contributed by atoms with Crippen molar-refractivity contribution in [1.82, 2.24) is 5.32 Å². The van der Waals surface area contributed by atoms with Gasteiger partial charge >= 0.3 is 0 Å². The van der Waals surface area contributed by atoms with Crippen molar-refractivity contribution >= 4 is 0 Å². The molecule has 0 amide bonds. The number of ether oxygens (including phenoxy) is 1. The van der Waals surface area contributed by atoms with Gasteiger partial charge in [-0.15, -0.1) is 0 Å². The predicted molar refractivity (Wildman–Crippen MR) is 104 cm³/mol. The Balaban J connectivity index is 1.83. The molecule has 136 valence electrons. The van der Waals surface area contributed by atoms with Gasteiger partial charge in [-0.1, -0.05) is 48.9 Å². The summed E-state index contributed by atoms with van der Waals surface area (Å²) >= 11 is 0. The highest BCUT2D eigenvalue weighted by molar-refractivity contribution is 5.42. The molecule has 2 rings (SSSR count). The molecule has 2 N–H and O–H groups in total. The molecule has 0 fully saturated rings. The third-order valence-corrected chi connectivity index (χ3v) is 4.57. The lowest BCUT2D eigenvalue weighted by molar-refractivity contribution is 0.103. The number of hydrogen-bond acceptors (Lipinski definition) is 3. The Bertz CT molecular complexity index is 656. The minimum atomic E-state index is -0.544. The molecule has 0 aliphatic carbocycles. The van der Waals surface area contributed by atoms with Crippen LogP contribution in [-0.4, -0.2) is 24.4 Å². The monoisotopic (exact) mass is 341 g/mol. The van der Waals surface area contributed by atoms with E-state index >= 15 is 0 Å². The molecular weight excluding hydrogens is 310 g/mol. The SMILES string of the molecule is CCc1ccc(C(C)NCC(O)COc2c(C)cc(C)cc2C)cc1. The zero-order valence-electron chi connectivity index (χ0n) is 16.1. The average molecular weight is 341 g/mol. The van der Waals surface area contributed by atoms with E-state index in [2.05, 4.69) is 62.5 Å². The lowest BCUT2D eigenvalue weighted by Crippen LogP contribution is -2.33. The Hall–Kier alpha value is -1.84. The molecule has 3 nitrogen and oxygen atoms in total. The van der Waals surface area contributed by atoms with Crippen LogP contribution in [0.3, 0.4) is 0 Å². The second kappa shape index (κ2) is 9.02. The summed E-state index contributed by atoms with van der Waals surface area (Å²) in [6, 6.07) is 13.0. The van der Waals surface area contributed by atoms with Crippen molar-refractivity contribution in [3.63, 3.8) is 0 Å². The molecule has 0 aromatic heterocycles. The van der Waals surface area contributed by atoms with E-state index < -0.39 is 6.10 Å². The van der Waals surface area contributed by atoms with Crippen LogP contribution in [0.15, 0.2) is 36.4 Å². The summed E-state index contributed by atoms with van der Waals surface area (Å²) in [5.74, 6) is 0.882.